The Bertz CT molecular complexity index is 1050. The molecule has 9 heteroatoms. The molecule has 0 radical (unpaired) electrons. The zero-order chi connectivity index (χ0) is 20.8. The van der Waals surface area contributed by atoms with Gasteiger partial charge in [-0.1, -0.05) is 5.57 Å². The Morgan fingerprint density at radius 3 is 2.66 bits per heavy atom. The average molecular weight is 421 g/mol. The fourth-order valence-corrected chi connectivity index (χ4v) is 5.51. The van der Waals surface area contributed by atoms with Crippen molar-refractivity contribution in [2.75, 3.05) is 40.9 Å². The molecule has 0 bridgehead atoms. The van der Waals surface area contributed by atoms with Gasteiger partial charge in [-0.15, -0.1) is 0 Å². The van der Waals surface area contributed by atoms with Gasteiger partial charge >= 0.3 is 0 Å². The molecule has 1 fully saturated rings. The lowest BCUT2D eigenvalue weighted by atomic mass is 9.69. The molecular formula is C20H25FN4O3S. The van der Waals surface area contributed by atoms with Crippen molar-refractivity contribution in [3.63, 3.8) is 0 Å². The molecule has 4 rings (SSSR count). The van der Waals surface area contributed by atoms with Crippen molar-refractivity contribution < 1.29 is 17.5 Å². The number of aromatic nitrogens is 2. The van der Waals surface area contributed by atoms with Crippen LogP contribution in [-0.4, -0.2) is 67.7 Å². The van der Waals surface area contributed by atoms with Crippen LogP contribution in [0.25, 0.3) is 11.8 Å². The van der Waals surface area contributed by atoms with Crippen LogP contribution in [0.3, 0.4) is 0 Å². The summed E-state index contributed by atoms with van der Waals surface area (Å²) in [5.74, 6) is -0.290. The molecule has 1 aliphatic carbocycles. The number of hydrogen-bond acceptors (Lipinski definition) is 4. The van der Waals surface area contributed by atoms with Crippen LogP contribution in [0.2, 0.25) is 0 Å². The quantitative estimate of drug-likeness (QED) is 0.743. The minimum absolute atomic E-state index is 0.290. The SMILES string of the molecule is COC[C@]12Cc3cnn(-c4ccc(F)cc4)c3C=C1CCN(S(=O)(=O)N(C)C)C2. The van der Waals surface area contributed by atoms with Crippen LogP contribution in [0.5, 0.6) is 0 Å². The summed E-state index contributed by atoms with van der Waals surface area (Å²) in [5, 5.41) is 4.51. The standard InChI is InChI=1S/C20H25FN4O3S/c1-23(2)29(26,27)24-9-8-16-10-19-15(11-20(16,13-24)14-28-3)12-22-25(19)18-6-4-17(21)5-7-18/h4-7,10,12H,8-9,11,13-14H2,1-3H3/t20-/m1/s1. The number of hydrogen-bond donors (Lipinski definition) is 0. The van der Waals surface area contributed by atoms with Gasteiger partial charge in [0.05, 0.1) is 24.2 Å². The van der Waals surface area contributed by atoms with Crippen LogP contribution >= 0.6 is 0 Å². The van der Waals surface area contributed by atoms with Crippen molar-refractivity contribution in [2.24, 2.45) is 5.41 Å². The van der Waals surface area contributed by atoms with Crippen LogP contribution in [0.4, 0.5) is 4.39 Å². The van der Waals surface area contributed by atoms with Crippen molar-refractivity contribution in [3.05, 3.63) is 53.1 Å². The normalized spacial score (nSPS) is 22.3. The molecule has 0 spiro atoms. The Morgan fingerprint density at radius 2 is 2.00 bits per heavy atom. The van der Waals surface area contributed by atoms with Crippen LogP contribution in [0, 0.1) is 11.2 Å². The minimum Gasteiger partial charge on any atom is -0.384 e. The van der Waals surface area contributed by atoms with E-state index < -0.39 is 15.6 Å². The first-order valence-corrected chi connectivity index (χ1v) is 10.9. The molecule has 2 aliphatic rings. The molecule has 1 aromatic heterocycles. The third-order valence-electron chi connectivity index (χ3n) is 5.80. The summed E-state index contributed by atoms with van der Waals surface area (Å²) in [6, 6.07) is 6.23. The van der Waals surface area contributed by atoms with Gasteiger partial charge < -0.3 is 4.74 Å². The zero-order valence-corrected chi connectivity index (χ0v) is 17.6. The maximum atomic E-state index is 13.3. The van der Waals surface area contributed by atoms with Crippen LogP contribution in [0.1, 0.15) is 17.7 Å². The molecule has 7 nitrogen and oxygen atoms in total. The van der Waals surface area contributed by atoms with Gasteiger partial charge in [0.15, 0.2) is 0 Å². The summed E-state index contributed by atoms with van der Waals surface area (Å²) in [6.45, 7) is 1.23. The van der Waals surface area contributed by atoms with Gasteiger partial charge in [-0.2, -0.15) is 22.1 Å². The average Bonchev–Trinajstić information content (AvgIpc) is 3.08. The first-order chi connectivity index (χ1) is 13.8. The van der Waals surface area contributed by atoms with Gasteiger partial charge in [-0.05, 0) is 48.7 Å². The molecule has 1 aliphatic heterocycles. The number of halogens is 1. The van der Waals surface area contributed by atoms with E-state index >= 15 is 0 Å². The molecule has 0 amide bonds. The Morgan fingerprint density at radius 1 is 1.28 bits per heavy atom. The van der Waals surface area contributed by atoms with E-state index in [0.29, 0.717) is 32.5 Å². The lowest BCUT2D eigenvalue weighted by Gasteiger charge is -2.46. The highest BCUT2D eigenvalue weighted by atomic mass is 32.2. The van der Waals surface area contributed by atoms with Gasteiger partial charge in [-0.3, -0.25) is 0 Å². The Kier molecular flexibility index (Phi) is 5.10. The third kappa shape index (κ3) is 3.42. The second kappa shape index (κ2) is 7.32. The van der Waals surface area contributed by atoms with Crippen molar-refractivity contribution in [2.45, 2.75) is 12.8 Å². The van der Waals surface area contributed by atoms with Gasteiger partial charge in [0.1, 0.15) is 5.82 Å². The van der Waals surface area contributed by atoms with E-state index in [1.165, 1.54) is 22.0 Å². The van der Waals surface area contributed by atoms with E-state index in [9.17, 15) is 12.8 Å². The number of benzene rings is 1. The molecule has 2 aromatic rings. The van der Waals surface area contributed by atoms with E-state index in [0.717, 1.165) is 16.9 Å². The Hall–Kier alpha value is -2.07. The minimum atomic E-state index is -3.50. The van der Waals surface area contributed by atoms with E-state index in [2.05, 4.69) is 11.2 Å². The largest absolute Gasteiger partial charge is 0.384 e. The van der Waals surface area contributed by atoms with Crippen LogP contribution in [-0.2, 0) is 21.4 Å². The molecule has 29 heavy (non-hydrogen) atoms. The smallest absolute Gasteiger partial charge is 0.281 e. The third-order valence-corrected chi connectivity index (χ3v) is 7.68. The van der Waals surface area contributed by atoms with Crippen molar-refractivity contribution >= 4 is 16.3 Å². The second-order valence-electron chi connectivity index (χ2n) is 7.88. The molecule has 156 valence electrons. The highest BCUT2D eigenvalue weighted by molar-refractivity contribution is 7.86. The fourth-order valence-electron chi connectivity index (χ4n) is 4.32. The predicted molar refractivity (Wildman–Crippen MR) is 108 cm³/mol. The number of ether oxygens (including phenoxy) is 1. The number of nitrogens with zero attached hydrogens (tertiary/aromatic N) is 4. The molecule has 0 saturated carbocycles. The summed E-state index contributed by atoms with van der Waals surface area (Å²) in [6.07, 6.45) is 5.18. The maximum Gasteiger partial charge on any atom is 0.281 e. The molecule has 0 N–H and O–H groups in total. The van der Waals surface area contributed by atoms with Gasteiger partial charge in [0.25, 0.3) is 10.2 Å². The van der Waals surface area contributed by atoms with Gasteiger partial charge in [0, 0.05) is 39.7 Å². The van der Waals surface area contributed by atoms with Crippen molar-refractivity contribution in [1.29, 1.82) is 0 Å². The van der Waals surface area contributed by atoms with Crippen LogP contribution < -0.4 is 0 Å². The van der Waals surface area contributed by atoms with Crippen molar-refractivity contribution in [1.82, 2.24) is 18.4 Å². The molecule has 0 unspecified atom stereocenters. The number of methoxy groups -OCH3 is 1. The first kappa shape index (κ1) is 20.2. The highest BCUT2D eigenvalue weighted by Gasteiger charge is 2.46. The maximum absolute atomic E-state index is 13.3. The van der Waals surface area contributed by atoms with Gasteiger partial charge in [-0.25, -0.2) is 9.07 Å². The first-order valence-electron chi connectivity index (χ1n) is 9.47. The predicted octanol–water partition coefficient (Wildman–Crippen LogP) is 2.10. The van der Waals surface area contributed by atoms with E-state index in [-0.39, 0.29) is 5.82 Å². The molecule has 2 heterocycles. The monoisotopic (exact) mass is 420 g/mol. The molecule has 1 atom stereocenters. The van der Waals surface area contributed by atoms with E-state index in [1.54, 1.807) is 42.3 Å². The van der Waals surface area contributed by atoms with E-state index in [4.69, 9.17) is 4.74 Å². The topological polar surface area (TPSA) is 67.7 Å². The number of rotatable bonds is 5. The lowest BCUT2D eigenvalue weighted by molar-refractivity contribution is 0.0720. The summed E-state index contributed by atoms with van der Waals surface area (Å²) >= 11 is 0. The summed E-state index contributed by atoms with van der Waals surface area (Å²) < 4.78 is 48.9. The lowest BCUT2D eigenvalue weighted by Crippen LogP contribution is -2.53. The fraction of sp³-hybridized carbons (Fsp3) is 0.450. The van der Waals surface area contributed by atoms with Crippen LogP contribution in [0.15, 0.2) is 36.0 Å². The van der Waals surface area contributed by atoms with Gasteiger partial charge in [0.2, 0.25) is 0 Å². The molecule has 1 aromatic carbocycles. The van der Waals surface area contributed by atoms with Crippen molar-refractivity contribution in [3.8, 4) is 5.69 Å². The Balaban J connectivity index is 1.73. The Labute approximate surface area is 170 Å². The number of piperidine rings is 1. The zero-order valence-electron chi connectivity index (χ0n) is 16.8. The molecule has 1 saturated heterocycles. The summed E-state index contributed by atoms with van der Waals surface area (Å²) in [7, 11) is 1.25. The second-order valence-corrected chi connectivity index (χ2v) is 10.0. The molecular weight excluding hydrogens is 395 g/mol. The number of fused-ring (bicyclic) bond motifs is 2. The highest BCUT2D eigenvalue weighted by Crippen LogP contribution is 2.45. The summed E-state index contributed by atoms with van der Waals surface area (Å²) in [4.78, 5) is 0. The summed E-state index contributed by atoms with van der Waals surface area (Å²) in [5.41, 5.74) is 3.53. The van der Waals surface area contributed by atoms with E-state index in [1.807, 2.05) is 6.20 Å².